The summed E-state index contributed by atoms with van der Waals surface area (Å²) < 4.78 is 4.54. The number of aliphatic hydroxyl groups excluding tert-OH is 1. The van der Waals surface area contributed by atoms with Gasteiger partial charge in [-0.3, -0.25) is 4.79 Å². The molecule has 0 rings (SSSR count). The van der Waals surface area contributed by atoms with E-state index in [2.05, 4.69) is 10.1 Å². The molecule has 0 spiro atoms. The summed E-state index contributed by atoms with van der Waals surface area (Å²) >= 11 is 1.64. The van der Waals surface area contributed by atoms with Crippen LogP contribution in [-0.4, -0.2) is 48.9 Å². The van der Waals surface area contributed by atoms with Crippen LogP contribution in [0.25, 0.3) is 0 Å². The SMILES string of the molecule is COC(=O)CCCNC(C)C(CO)SC. The summed E-state index contributed by atoms with van der Waals surface area (Å²) in [5, 5.41) is 12.5. The Kier molecular flexibility index (Phi) is 8.85. The van der Waals surface area contributed by atoms with E-state index in [4.69, 9.17) is 5.11 Å². The standard InChI is InChI=1S/C10H21NO3S/c1-8(9(7-12)15-3)11-6-4-5-10(13)14-2/h8-9,11-12H,4-7H2,1-3H3. The minimum Gasteiger partial charge on any atom is -0.469 e. The molecule has 0 aromatic rings. The Hall–Kier alpha value is -0.260. The van der Waals surface area contributed by atoms with Gasteiger partial charge >= 0.3 is 5.97 Å². The molecule has 0 bridgehead atoms. The fraction of sp³-hybridized carbons (Fsp3) is 0.900. The van der Waals surface area contributed by atoms with E-state index in [1.54, 1.807) is 11.8 Å². The second kappa shape index (κ2) is 9.00. The van der Waals surface area contributed by atoms with Crippen LogP contribution in [0.5, 0.6) is 0 Å². The fourth-order valence-corrected chi connectivity index (χ4v) is 1.89. The Morgan fingerprint density at radius 3 is 2.73 bits per heavy atom. The molecule has 2 unspecified atom stereocenters. The summed E-state index contributed by atoms with van der Waals surface area (Å²) in [4.78, 5) is 10.8. The average Bonchev–Trinajstić information content (AvgIpc) is 2.25. The van der Waals surface area contributed by atoms with Crippen molar-refractivity contribution in [3.63, 3.8) is 0 Å². The molecule has 0 aliphatic carbocycles. The predicted octanol–water partition coefficient (Wildman–Crippen LogP) is 0.642. The van der Waals surface area contributed by atoms with Crippen molar-refractivity contribution in [3.05, 3.63) is 0 Å². The smallest absolute Gasteiger partial charge is 0.305 e. The number of hydrogen-bond acceptors (Lipinski definition) is 5. The summed E-state index contributed by atoms with van der Waals surface area (Å²) in [5.74, 6) is -0.173. The first-order valence-corrected chi connectivity index (χ1v) is 6.38. The lowest BCUT2D eigenvalue weighted by atomic mass is 10.2. The zero-order valence-corrected chi connectivity index (χ0v) is 10.5. The van der Waals surface area contributed by atoms with Gasteiger partial charge in [-0.15, -0.1) is 0 Å². The number of ether oxygens (including phenoxy) is 1. The molecule has 0 amide bonds. The number of aliphatic hydroxyl groups is 1. The van der Waals surface area contributed by atoms with Crippen molar-refractivity contribution in [2.75, 3.05) is 26.5 Å². The molecule has 0 aromatic carbocycles. The van der Waals surface area contributed by atoms with Gasteiger partial charge in [-0.1, -0.05) is 0 Å². The first-order valence-electron chi connectivity index (χ1n) is 5.09. The molecule has 4 nitrogen and oxygen atoms in total. The molecule has 0 saturated carbocycles. The van der Waals surface area contributed by atoms with Crippen LogP contribution in [0.1, 0.15) is 19.8 Å². The molecule has 0 aromatic heterocycles. The van der Waals surface area contributed by atoms with Crippen molar-refractivity contribution in [1.29, 1.82) is 0 Å². The number of carbonyl (C=O) groups is 1. The Morgan fingerprint density at radius 1 is 1.60 bits per heavy atom. The first kappa shape index (κ1) is 14.7. The number of thioether (sulfide) groups is 1. The minimum atomic E-state index is -0.173. The first-order chi connectivity index (χ1) is 7.15. The van der Waals surface area contributed by atoms with Gasteiger partial charge in [-0.05, 0) is 26.1 Å². The average molecular weight is 235 g/mol. The van der Waals surface area contributed by atoms with E-state index in [1.807, 2.05) is 13.2 Å². The van der Waals surface area contributed by atoms with E-state index in [9.17, 15) is 4.79 Å². The molecular weight excluding hydrogens is 214 g/mol. The van der Waals surface area contributed by atoms with E-state index in [0.29, 0.717) is 6.42 Å². The van der Waals surface area contributed by atoms with Gasteiger partial charge in [0.05, 0.1) is 13.7 Å². The van der Waals surface area contributed by atoms with Crippen LogP contribution in [0.2, 0.25) is 0 Å². The maximum Gasteiger partial charge on any atom is 0.305 e. The van der Waals surface area contributed by atoms with E-state index < -0.39 is 0 Å². The van der Waals surface area contributed by atoms with Crippen LogP contribution < -0.4 is 5.32 Å². The van der Waals surface area contributed by atoms with Crippen molar-refractivity contribution >= 4 is 17.7 Å². The second-order valence-corrected chi connectivity index (χ2v) is 4.46. The molecule has 0 heterocycles. The summed E-state index contributed by atoms with van der Waals surface area (Å²) in [6, 6.07) is 0.252. The van der Waals surface area contributed by atoms with Gasteiger partial charge in [-0.2, -0.15) is 11.8 Å². The second-order valence-electron chi connectivity index (χ2n) is 3.38. The van der Waals surface area contributed by atoms with Crippen molar-refractivity contribution < 1.29 is 14.6 Å². The molecular formula is C10H21NO3S. The van der Waals surface area contributed by atoms with E-state index >= 15 is 0 Å². The van der Waals surface area contributed by atoms with Crippen LogP contribution in [0, 0.1) is 0 Å². The molecule has 0 fully saturated rings. The highest BCUT2D eigenvalue weighted by molar-refractivity contribution is 7.99. The summed E-state index contributed by atoms with van der Waals surface area (Å²) in [6.45, 7) is 2.98. The fourth-order valence-electron chi connectivity index (χ4n) is 1.23. The van der Waals surface area contributed by atoms with Gasteiger partial charge in [0.25, 0.3) is 0 Å². The molecule has 5 heteroatoms. The summed E-state index contributed by atoms with van der Waals surface area (Å²) in [5.41, 5.74) is 0. The molecule has 90 valence electrons. The minimum absolute atomic E-state index is 0.173. The van der Waals surface area contributed by atoms with Gasteiger partial charge in [0.15, 0.2) is 0 Å². The van der Waals surface area contributed by atoms with Gasteiger partial charge in [-0.25, -0.2) is 0 Å². The maximum atomic E-state index is 10.8. The predicted molar refractivity (Wildman–Crippen MR) is 63.1 cm³/mol. The molecule has 0 radical (unpaired) electrons. The lowest BCUT2D eigenvalue weighted by molar-refractivity contribution is -0.140. The molecule has 0 aliphatic heterocycles. The normalized spacial score (nSPS) is 14.7. The van der Waals surface area contributed by atoms with Gasteiger partial charge in [0.2, 0.25) is 0 Å². The Balaban J connectivity index is 3.53. The van der Waals surface area contributed by atoms with Crippen molar-refractivity contribution in [2.45, 2.75) is 31.1 Å². The highest BCUT2D eigenvalue weighted by Gasteiger charge is 2.13. The monoisotopic (exact) mass is 235 g/mol. The third kappa shape index (κ3) is 6.76. The van der Waals surface area contributed by atoms with Gasteiger partial charge in [0, 0.05) is 17.7 Å². The van der Waals surface area contributed by atoms with Gasteiger partial charge < -0.3 is 15.2 Å². The van der Waals surface area contributed by atoms with Crippen LogP contribution in [0.15, 0.2) is 0 Å². The van der Waals surface area contributed by atoms with Crippen LogP contribution in [-0.2, 0) is 9.53 Å². The topological polar surface area (TPSA) is 58.6 Å². The third-order valence-electron chi connectivity index (χ3n) is 2.29. The number of carbonyl (C=O) groups excluding carboxylic acids is 1. The number of nitrogens with one attached hydrogen (secondary N) is 1. The van der Waals surface area contributed by atoms with Crippen molar-refractivity contribution in [1.82, 2.24) is 5.32 Å². The lowest BCUT2D eigenvalue weighted by Crippen LogP contribution is -2.38. The Bertz CT molecular complexity index is 174. The van der Waals surface area contributed by atoms with E-state index in [0.717, 1.165) is 13.0 Å². The number of hydrogen-bond donors (Lipinski definition) is 2. The van der Waals surface area contributed by atoms with Crippen molar-refractivity contribution in [3.8, 4) is 0 Å². The maximum absolute atomic E-state index is 10.8. The molecule has 0 aliphatic rings. The quantitative estimate of drug-likeness (QED) is 0.478. The highest BCUT2D eigenvalue weighted by atomic mass is 32.2. The largest absolute Gasteiger partial charge is 0.469 e. The van der Waals surface area contributed by atoms with Gasteiger partial charge in [0.1, 0.15) is 0 Å². The zero-order valence-electron chi connectivity index (χ0n) is 9.66. The zero-order chi connectivity index (χ0) is 11.7. The number of rotatable bonds is 8. The van der Waals surface area contributed by atoms with Crippen molar-refractivity contribution in [2.24, 2.45) is 0 Å². The number of methoxy groups -OCH3 is 1. The van der Waals surface area contributed by atoms with Crippen LogP contribution in [0.4, 0.5) is 0 Å². The molecule has 2 N–H and O–H groups in total. The molecule has 2 atom stereocenters. The Morgan fingerprint density at radius 2 is 2.27 bits per heavy atom. The van der Waals surface area contributed by atoms with E-state index in [-0.39, 0.29) is 23.9 Å². The molecule has 15 heavy (non-hydrogen) atoms. The van der Waals surface area contributed by atoms with Crippen LogP contribution >= 0.6 is 11.8 Å². The van der Waals surface area contributed by atoms with E-state index in [1.165, 1.54) is 7.11 Å². The van der Waals surface area contributed by atoms with Crippen LogP contribution in [0.3, 0.4) is 0 Å². The number of esters is 1. The lowest BCUT2D eigenvalue weighted by Gasteiger charge is -2.21. The molecule has 0 saturated heterocycles. The third-order valence-corrected chi connectivity index (χ3v) is 3.45. The Labute approximate surface area is 95.8 Å². The summed E-state index contributed by atoms with van der Waals surface area (Å²) in [7, 11) is 1.40. The highest BCUT2D eigenvalue weighted by Crippen LogP contribution is 2.10. The summed E-state index contributed by atoms with van der Waals surface area (Å²) in [6.07, 6.45) is 3.19.